The molecule has 1 fully saturated rings. The molecule has 1 amide bonds. The smallest absolute Gasteiger partial charge is 0.233 e. The summed E-state index contributed by atoms with van der Waals surface area (Å²) in [4.78, 5) is 23.5. The van der Waals surface area contributed by atoms with E-state index in [1.54, 1.807) is 28.8 Å². The predicted octanol–water partition coefficient (Wildman–Crippen LogP) is 4.14. The summed E-state index contributed by atoms with van der Waals surface area (Å²) >= 11 is 3.12. The zero-order chi connectivity index (χ0) is 24.1. The van der Waals surface area contributed by atoms with Crippen molar-refractivity contribution in [3.63, 3.8) is 0 Å². The van der Waals surface area contributed by atoms with Crippen LogP contribution in [0.2, 0.25) is 0 Å². The number of hydrogen-bond donors (Lipinski definition) is 0. The molecule has 2 aromatic carbocycles. The third-order valence-corrected chi connectivity index (χ3v) is 8.70. The molecule has 0 atom stereocenters. The summed E-state index contributed by atoms with van der Waals surface area (Å²) < 4.78 is 30.7. The van der Waals surface area contributed by atoms with Gasteiger partial charge in [-0.15, -0.1) is 24.2 Å². The summed E-state index contributed by atoms with van der Waals surface area (Å²) in [6, 6.07) is 13.2. The van der Waals surface area contributed by atoms with Gasteiger partial charge >= 0.3 is 0 Å². The van der Waals surface area contributed by atoms with E-state index in [1.165, 1.54) is 22.5 Å². The number of anilines is 1. The lowest BCUT2D eigenvalue weighted by atomic mass is 10.1. The van der Waals surface area contributed by atoms with Gasteiger partial charge in [-0.05, 0) is 35.6 Å². The fourth-order valence-electron chi connectivity index (χ4n) is 3.86. The van der Waals surface area contributed by atoms with Crippen LogP contribution < -0.4 is 4.90 Å². The first-order valence-electron chi connectivity index (χ1n) is 11.3. The molecule has 4 rings (SSSR count). The van der Waals surface area contributed by atoms with E-state index >= 15 is 0 Å². The Hall–Kier alpha value is -1.69. The third-order valence-electron chi connectivity index (χ3n) is 5.64. The Labute approximate surface area is 221 Å². The molecular formula is C24H30ClN3O4S3. The van der Waals surface area contributed by atoms with Gasteiger partial charge in [0.25, 0.3) is 0 Å². The number of thioether (sulfide) groups is 1. The number of nitrogens with zero attached hydrogens (tertiary/aromatic N) is 3. The molecule has 11 heteroatoms. The number of aromatic nitrogens is 1. The average molecular weight is 556 g/mol. The van der Waals surface area contributed by atoms with E-state index in [1.807, 2.05) is 30.3 Å². The molecule has 1 aromatic heterocycles. The van der Waals surface area contributed by atoms with Crippen molar-refractivity contribution in [2.75, 3.05) is 56.3 Å². The van der Waals surface area contributed by atoms with E-state index in [9.17, 15) is 13.2 Å². The Bertz CT molecular complexity index is 1240. The predicted molar refractivity (Wildman–Crippen MR) is 146 cm³/mol. The number of sulfone groups is 1. The van der Waals surface area contributed by atoms with E-state index in [2.05, 4.69) is 16.8 Å². The van der Waals surface area contributed by atoms with Crippen molar-refractivity contribution < 1.29 is 17.9 Å². The van der Waals surface area contributed by atoms with Gasteiger partial charge in [0.15, 0.2) is 15.0 Å². The first kappa shape index (κ1) is 27.9. The minimum atomic E-state index is -3.43. The first-order chi connectivity index (χ1) is 16.3. The SMILES string of the molecule is CCSc1ccc(CC(=O)N(CCN2CCOCC2)c2nc3c(S(C)(=O)=O)cccc3s2)cc1.Cl. The lowest BCUT2D eigenvalue weighted by molar-refractivity contribution is -0.118. The van der Waals surface area contributed by atoms with Gasteiger partial charge in [-0.25, -0.2) is 13.4 Å². The molecular weight excluding hydrogens is 526 g/mol. The van der Waals surface area contributed by atoms with Crippen LogP contribution in [-0.2, 0) is 25.8 Å². The topological polar surface area (TPSA) is 79.8 Å². The van der Waals surface area contributed by atoms with Crippen molar-refractivity contribution in [1.29, 1.82) is 0 Å². The van der Waals surface area contributed by atoms with Crippen molar-refractivity contribution in [2.45, 2.75) is 23.1 Å². The van der Waals surface area contributed by atoms with Gasteiger partial charge in [0.2, 0.25) is 5.91 Å². The Kier molecular flexibility index (Phi) is 9.97. The summed E-state index contributed by atoms with van der Waals surface area (Å²) in [5.74, 6) is 0.949. The van der Waals surface area contributed by atoms with Gasteiger partial charge in [-0.1, -0.05) is 36.5 Å². The molecule has 35 heavy (non-hydrogen) atoms. The van der Waals surface area contributed by atoms with E-state index in [0.717, 1.165) is 29.1 Å². The summed E-state index contributed by atoms with van der Waals surface area (Å²) in [5, 5.41) is 0.530. The molecule has 1 saturated heterocycles. The Balaban J connectivity index is 0.00000342. The van der Waals surface area contributed by atoms with Crippen LogP contribution in [0.15, 0.2) is 52.3 Å². The average Bonchev–Trinajstić information content (AvgIpc) is 3.24. The number of thiazole rings is 1. The zero-order valence-electron chi connectivity index (χ0n) is 19.8. The Morgan fingerprint density at radius 2 is 1.89 bits per heavy atom. The number of benzene rings is 2. The number of rotatable bonds is 9. The molecule has 0 radical (unpaired) electrons. The van der Waals surface area contributed by atoms with Gasteiger partial charge in [0, 0.05) is 37.3 Å². The highest BCUT2D eigenvalue weighted by molar-refractivity contribution is 7.99. The van der Waals surface area contributed by atoms with Crippen LogP contribution in [0.3, 0.4) is 0 Å². The van der Waals surface area contributed by atoms with Crippen LogP contribution >= 0.6 is 35.5 Å². The van der Waals surface area contributed by atoms with Crippen molar-refractivity contribution >= 4 is 66.6 Å². The Morgan fingerprint density at radius 1 is 1.17 bits per heavy atom. The molecule has 0 aliphatic carbocycles. The number of halogens is 1. The quantitative estimate of drug-likeness (QED) is 0.367. The van der Waals surface area contributed by atoms with Gasteiger partial charge in [-0.2, -0.15) is 0 Å². The van der Waals surface area contributed by atoms with Crippen LogP contribution in [-0.4, -0.2) is 75.6 Å². The molecule has 190 valence electrons. The maximum atomic E-state index is 13.5. The fourth-order valence-corrected chi connectivity index (χ4v) is 6.45. The van der Waals surface area contributed by atoms with Gasteiger partial charge in [0.1, 0.15) is 5.52 Å². The molecule has 0 spiro atoms. The fraction of sp³-hybridized carbons (Fsp3) is 0.417. The van der Waals surface area contributed by atoms with Gasteiger partial charge < -0.3 is 4.74 Å². The number of ether oxygens (including phenoxy) is 1. The molecule has 3 aromatic rings. The number of carbonyl (C=O) groups is 1. The van der Waals surface area contributed by atoms with Crippen LogP contribution in [0.4, 0.5) is 5.13 Å². The second-order valence-electron chi connectivity index (χ2n) is 8.12. The lowest BCUT2D eigenvalue weighted by Gasteiger charge is -2.29. The molecule has 0 unspecified atom stereocenters. The number of hydrogen-bond acceptors (Lipinski definition) is 8. The summed E-state index contributed by atoms with van der Waals surface area (Å²) in [7, 11) is -3.43. The largest absolute Gasteiger partial charge is 0.379 e. The standard InChI is InChI=1S/C24H29N3O4S3.ClH/c1-3-32-19-9-7-18(8-10-19)17-22(28)27(12-11-26-13-15-31-16-14-26)24-25-23-20(33-24)5-4-6-21(23)34(2,29)30;/h4-10H,3,11-17H2,1-2H3;1H. The molecule has 0 N–H and O–H groups in total. The lowest BCUT2D eigenvalue weighted by Crippen LogP contribution is -2.43. The van der Waals surface area contributed by atoms with E-state index < -0.39 is 9.84 Å². The maximum absolute atomic E-state index is 13.5. The molecule has 0 bridgehead atoms. The second kappa shape index (κ2) is 12.5. The molecule has 2 heterocycles. The van der Waals surface area contributed by atoms with E-state index in [-0.39, 0.29) is 29.6 Å². The molecule has 1 aliphatic heterocycles. The zero-order valence-corrected chi connectivity index (χ0v) is 23.1. The number of para-hydroxylation sites is 1. The minimum Gasteiger partial charge on any atom is -0.379 e. The van der Waals surface area contributed by atoms with Crippen LogP contribution in [0.5, 0.6) is 0 Å². The van der Waals surface area contributed by atoms with Crippen LogP contribution in [0, 0.1) is 0 Å². The minimum absolute atomic E-state index is 0. The van der Waals surface area contributed by atoms with Gasteiger partial charge in [0.05, 0.1) is 29.2 Å². The highest BCUT2D eigenvalue weighted by Crippen LogP contribution is 2.33. The normalized spacial score (nSPS) is 14.6. The third kappa shape index (κ3) is 7.18. The highest BCUT2D eigenvalue weighted by atomic mass is 35.5. The van der Waals surface area contributed by atoms with Crippen LogP contribution in [0.1, 0.15) is 12.5 Å². The summed E-state index contributed by atoms with van der Waals surface area (Å²) in [5.41, 5.74) is 1.37. The summed E-state index contributed by atoms with van der Waals surface area (Å²) in [6.45, 7) is 6.34. The second-order valence-corrected chi connectivity index (χ2v) is 12.5. The molecule has 7 nitrogen and oxygen atoms in total. The van der Waals surface area contributed by atoms with Crippen molar-refractivity contribution in [1.82, 2.24) is 9.88 Å². The first-order valence-corrected chi connectivity index (χ1v) is 15.0. The number of fused-ring (bicyclic) bond motifs is 1. The molecule has 0 saturated carbocycles. The number of carbonyl (C=O) groups excluding carboxylic acids is 1. The van der Waals surface area contributed by atoms with Crippen molar-refractivity contribution in [2.24, 2.45) is 0 Å². The molecule has 1 aliphatic rings. The monoisotopic (exact) mass is 555 g/mol. The number of amides is 1. The summed E-state index contributed by atoms with van der Waals surface area (Å²) in [6.07, 6.45) is 1.44. The highest BCUT2D eigenvalue weighted by Gasteiger charge is 2.24. The van der Waals surface area contributed by atoms with E-state index in [4.69, 9.17) is 4.74 Å². The van der Waals surface area contributed by atoms with Crippen molar-refractivity contribution in [3.8, 4) is 0 Å². The van der Waals surface area contributed by atoms with Crippen LogP contribution in [0.25, 0.3) is 10.2 Å². The Morgan fingerprint density at radius 3 is 2.54 bits per heavy atom. The van der Waals surface area contributed by atoms with Crippen molar-refractivity contribution in [3.05, 3.63) is 48.0 Å². The maximum Gasteiger partial charge on any atom is 0.233 e. The van der Waals surface area contributed by atoms with Gasteiger partial charge in [-0.3, -0.25) is 14.6 Å². The number of morpholine rings is 1. The van der Waals surface area contributed by atoms with E-state index in [0.29, 0.717) is 37.0 Å².